The molecule has 4 heteroatoms. The fourth-order valence-electron chi connectivity index (χ4n) is 4.08. The lowest BCUT2D eigenvalue weighted by Gasteiger charge is -2.31. The summed E-state index contributed by atoms with van der Waals surface area (Å²) in [5.41, 5.74) is 9.23. The molecule has 0 saturated heterocycles. The highest BCUT2D eigenvalue weighted by Crippen LogP contribution is 2.25. The van der Waals surface area contributed by atoms with Crippen molar-refractivity contribution in [3.8, 4) is 0 Å². The van der Waals surface area contributed by atoms with Crippen LogP contribution in [0.5, 0.6) is 0 Å². The predicted molar refractivity (Wildman–Crippen MR) is 95.0 cm³/mol. The highest BCUT2D eigenvalue weighted by atomic mass is 16.2. The molecule has 1 aromatic carbocycles. The molecule has 2 unspecified atom stereocenters. The Morgan fingerprint density at radius 1 is 1.04 bits per heavy atom. The maximum Gasteiger partial charge on any atom is 0.220 e. The highest BCUT2D eigenvalue weighted by Gasteiger charge is 2.25. The molecule has 1 aromatic rings. The predicted octanol–water partition coefficient (Wildman–Crippen LogP) is 2.77. The van der Waals surface area contributed by atoms with Crippen molar-refractivity contribution in [2.45, 2.75) is 63.8 Å². The number of nitrogens with two attached hydrogens (primary N) is 1. The molecular weight excluding hydrogens is 300 g/mol. The molecule has 24 heavy (non-hydrogen) atoms. The summed E-state index contributed by atoms with van der Waals surface area (Å²) in [6.07, 6.45) is 8.37. The fraction of sp³-hybridized carbons (Fsp3) is 0.600. The molecule has 3 rings (SSSR count). The number of amides is 1. The number of ketones is 1. The number of hydrogen-bond donors (Lipinski definition) is 2. The third-order valence-corrected chi connectivity index (χ3v) is 5.56. The van der Waals surface area contributed by atoms with Crippen molar-refractivity contribution in [1.29, 1.82) is 0 Å². The zero-order chi connectivity index (χ0) is 16.9. The van der Waals surface area contributed by atoms with Crippen LogP contribution in [0, 0.1) is 5.92 Å². The number of fused-ring (bicyclic) bond motifs is 1. The van der Waals surface area contributed by atoms with Crippen molar-refractivity contribution < 1.29 is 9.59 Å². The normalized spacial score (nSPS) is 22.9. The van der Waals surface area contributed by atoms with Gasteiger partial charge in [-0.2, -0.15) is 0 Å². The van der Waals surface area contributed by atoms with Crippen molar-refractivity contribution in [3.05, 3.63) is 34.9 Å². The van der Waals surface area contributed by atoms with Gasteiger partial charge in [-0.15, -0.1) is 0 Å². The summed E-state index contributed by atoms with van der Waals surface area (Å²) in [5, 5.41) is 3.10. The van der Waals surface area contributed by atoms with E-state index in [-0.39, 0.29) is 30.6 Å². The van der Waals surface area contributed by atoms with E-state index in [0.717, 1.165) is 37.7 Å². The molecule has 0 radical (unpaired) electrons. The zero-order valence-corrected chi connectivity index (χ0v) is 14.4. The van der Waals surface area contributed by atoms with E-state index in [0.29, 0.717) is 12.5 Å². The van der Waals surface area contributed by atoms with E-state index in [9.17, 15) is 9.59 Å². The number of nitrogens with one attached hydrogen (secondary N) is 1. The minimum absolute atomic E-state index is 0.0186. The molecule has 2 aliphatic rings. The Hall–Kier alpha value is -1.68. The number of hydrogen-bond acceptors (Lipinski definition) is 3. The van der Waals surface area contributed by atoms with Gasteiger partial charge in [0.15, 0.2) is 5.78 Å². The molecule has 4 nitrogen and oxygen atoms in total. The molecule has 1 fully saturated rings. The first-order chi connectivity index (χ1) is 11.7. The SMILES string of the molecule is NCC1CCCCC1NC(=O)CCC(=O)c1ccc2c(c1)CCC2. The van der Waals surface area contributed by atoms with Crippen LogP contribution < -0.4 is 11.1 Å². The first kappa shape index (κ1) is 17.2. The molecular formula is C20H28N2O2. The van der Waals surface area contributed by atoms with Crippen LogP contribution in [0.25, 0.3) is 0 Å². The minimum atomic E-state index is -0.0186. The Balaban J connectivity index is 1.49. The zero-order valence-electron chi connectivity index (χ0n) is 14.4. The molecule has 0 aliphatic heterocycles. The fourth-order valence-corrected chi connectivity index (χ4v) is 4.08. The lowest BCUT2D eigenvalue weighted by molar-refractivity contribution is -0.122. The van der Waals surface area contributed by atoms with Gasteiger partial charge in [-0.3, -0.25) is 9.59 Å². The van der Waals surface area contributed by atoms with Gasteiger partial charge < -0.3 is 11.1 Å². The lowest BCUT2D eigenvalue weighted by atomic mass is 9.84. The number of aryl methyl sites for hydroxylation is 2. The van der Waals surface area contributed by atoms with Gasteiger partial charge in [0, 0.05) is 24.4 Å². The number of benzene rings is 1. The van der Waals surface area contributed by atoms with Crippen LogP contribution in [0.1, 0.15) is 66.4 Å². The topological polar surface area (TPSA) is 72.2 Å². The Bertz CT molecular complexity index is 612. The summed E-state index contributed by atoms with van der Waals surface area (Å²) in [4.78, 5) is 24.6. The van der Waals surface area contributed by atoms with E-state index < -0.39 is 0 Å². The van der Waals surface area contributed by atoms with Gasteiger partial charge in [0.2, 0.25) is 5.91 Å². The monoisotopic (exact) mass is 328 g/mol. The lowest BCUT2D eigenvalue weighted by Crippen LogP contribution is -2.44. The van der Waals surface area contributed by atoms with E-state index in [1.54, 1.807) is 0 Å². The quantitative estimate of drug-likeness (QED) is 0.789. The van der Waals surface area contributed by atoms with Crippen LogP contribution in [0.2, 0.25) is 0 Å². The highest BCUT2D eigenvalue weighted by molar-refractivity contribution is 5.98. The summed E-state index contributed by atoms with van der Waals surface area (Å²) >= 11 is 0. The van der Waals surface area contributed by atoms with Crippen molar-refractivity contribution in [2.75, 3.05) is 6.54 Å². The van der Waals surface area contributed by atoms with Crippen LogP contribution in [-0.4, -0.2) is 24.3 Å². The Morgan fingerprint density at radius 3 is 2.67 bits per heavy atom. The Labute approximate surface area is 144 Å². The number of carbonyl (C=O) groups excluding carboxylic acids is 2. The van der Waals surface area contributed by atoms with Crippen molar-refractivity contribution in [1.82, 2.24) is 5.32 Å². The molecule has 0 heterocycles. The molecule has 0 aromatic heterocycles. The van der Waals surface area contributed by atoms with Gasteiger partial charge in [-0.05, 0) is 61.8 Å². The van der Waals surface area contributed by atoms with Gasteiger partial charge >= 0.3 is 0 Å². The molecule has 130 valence electrons. The minimum Gasteiger partial charge on any atom is -0.353 e. The van der Waals surface area contributed by atoms with E-state index in [1.807, 2.05) is 12.1 Å². The van der Waals surface area contributed by atoms with E-state index >= 15 is 0 Å². The summed E-state index contributed by atoms with van der Waals surface area (Å²) in [7, 11) is 0. The first-order valence-electron chi connectivity index (χ1n) is 9.32. The van der Waals surface area contributed by atoms with Gasteiger partial charge in [0.1, 0.15) is 0 Å². The summed E-state index contributed by atoms with van der Waals surface area (Å²) in [6.45, 7) is 0.624. The molecule has 2 atom stereocenters. The first-order valence-corrected chi connectivity index (χ1v) is 9.32. The van der Waals surface area contributed by atoms with E-state index in [2.05, 4.69) is 11.4 Å². The number of rotatable bonds is 6. The van der Waals surface area contributed by atoms with Crippen molar-refractivity contribution in [3.63, 3.8) is 0 Å². The molecule has 2 aliphatic carbocycles. The molecule has 0 bridgehead atoms. The Morgan fingerprint density at radius 2 is 1.83 bits per heavy atom. The second kappa shape index (κ2) is 7.93. The van der Waals surface area contributed by atoms with Gasteiger partial charge in [-0.1, -0.05) is 25.0 Å². The second-order valence-corrected chi connectivity index (χ2v) is 7.21. The average Bonchev–Trinajstić information content (AvgIpc) is 3.07. The molecule has 1 saturated carbocycles. The average molecular weight is 328 g/mol. The molecule has 0 spiro atoms. The third kappa shape index (κ3) is 4.04. The maximum absolute atomic E-state index is 12.4. The van der Waals surface area contributed by atoms with Gasteiger partial charge in [0.25, 0.3) is 0 Å². The Kier molecular flexibility index (Phi) is 5.67. The van der Waals surface area contributed by atoms with Crippen molar-refractivity contribution in [2.24, 2.45) is 11.7 Å². The van der Waals surface area contributed by atoms with Crippen LogP contribution in [0.3, 0.4) is 0 Å². The number of Topliss-reactive ketones (excluding diaryl/α,β-unsaturated/α-hetero) is 1. The van der Waals surface area contributed by atoms with Gasteiger partial charge in [-0.25, -0.2) is 0 Å². The molecule has 1 amide bonds. The van der Waals surface area contributed by atoms with E-state index in [1.165, 1.54) is 24.0 Å². The number of carbonyl (C=O) groups is 2. The maximum atomic E-state index is 12.4. The van der Waals surface area contributed by atoms with Gasteiger partial charge in [0.05, 0.1) is 0 Å². The standard InChI is InChI=1S/C20H28N2O2/c21-13-17-4-1-2-7-18(17)22-20(24)11-10-19(23)16-9-8-14-5-3-6-15(14)12-16/h8-9,12,17-18H,1-7,10-11,13,21H2,(H,22,24). The van der Waals surface area contributed by atoms with Crippen LogP contribution in [-0.2, 0) is 17.6 Å². The third-order valence-electron chi connectivity index (χ3n) is 5.56. The van der Waals surface area contributed by atoms with Crippen molar-refractivity contribution >= 4 is 11.7 Å². The summed E-state index contributed by atoms with van der Waals surface area (Å²) in [5.74, 6) is 0.434. The summed E-state index contributed by atoms with van der Waals surface area (Å²) in [6, 6.07) is 6.19. The second-order valence-electron chi connectivity index (χ2n) is 7.21. The van der Waals surface area contributed by atoms with Crippen LogP contribution in [0.4, 0.5) is 0 Å². The van der Waals surface area contributed by atoms with E-state index in [4.69, 9.17) is 5.73 Å². The van der Waals surface area contributed by atoms with Crippen LogP contribution >= 0.6 is 0 Å². The smallest absolute Gasteiger partial charge is 0.220 e. The largest absolute Gasteiger partial charge is 0.353 e. The molecule has 3 N–H and O–H groups in total. The van der Waals surface area contributed by atoms with Crippen LogP contribution in [0.15, 0.2) is 18.2 Å². The summed E-state index contributed by atoms with van der Waals surface area (Å²) < 4.78 is 0.